The van der Waals surface area contributed by atoms with Gasteiger partial charge in [0.2, 0.25) is 5.89 Å². The van der Waals surface area contributed by atoms with E-state index in [4.69, 9.17) is 14.9 Å². The van der Waals surface area contributed by atoms with E-state index in [0.29, 0.717) is 11.1 Å². The lowest BCUT2D eigenvalue weighted by atomic mass is 10.2. The first-order valence-electron chi connectivity index (χ1n) is 5.53. The highest BCUT2D eigenvalue weighted by Gasteiger charge is 2.10. The molecule has 0 saturated heterocycles. The number of rotatable bonds is 5. The van der Waals surface area contributed by atoms with E-state index in [0.717, 1.165) is 11.5 Å². The number of nitrogens with two attached hydrogens (primary N) is 1. The van der Waals surface area contributed by atoms with Crippen LogP contribution in [0, 0.1) is 0 Å². The Morgan fingerprint density at radius 1 is 1.33 bits per heavy atom. The Morgan fingerprint density at radius 2 is 2.06 bits per heavy atom. The van der Waals surface area contributed by atoms with Crippen LogP contribution in [0.1, 0.15) is 24.4 Å². The van der Waals surface area contributed by atoms with Crippen molar-refractivity contribution >= 4 is 11.8 Å². The molecule has 0 amide bonds. The molecule has 6 heteroatoms. The van der Waals surface area contributed by atoms with E-state index < -0.39 is 0 Å². The molecule has 2 N–H and O–H groups in total. The Hall–Kier alpha value is -1.53. The summed E-state index contributed by atoms with van der Waals surface area (Å²) < 4.78 is 10.5. The molecular formula is C12H15N3O2S. The third-order valence-electron chi connectivity index (χ3n) is 2.33. The quantitative estimate of drug-likeness (QED) is 0.837. The van der Waals surface area contributed by atoms with Gasteiger partial charge in [-0.3, -0.25) is 0 Å². The zero-order chi connectivity index (χ0) is 13.0. The molecule has 0 aliphatic rings. The first-order valence-corrected chi connectivity index (χ1v) is 6.52. The summed E-state index contributed by atoms with van der Waals surface area (Å²) in [5, 5.41) is 8.34. The fourth-order valence-electron chi connectivity index (χ4n) is 1.33. The lowest BCUT2D eigenvalue weighted by Crippen LogP contribution is -2.04. The largest absolute Gasteiger partial charge is 0.497 e. The third-order valence-corrected chi connectivity index (χ3v) is 3.22. The van der Waals surface area contributed by atoms with Crippen LogP contribution in [0.4, 0.5) is 0 Å². The second-order valence-corrected chi connectivity index (χ2v) is 4.76. The van der Waals surface area contributed by atoms with E-state index >= 15 is 0 Å². The van der Waals surface area contributed by atoms with Crippen LogP contribution in [0.2, 0.25) is 0 Å². The summed E-state index contributed by atoms with van der Waals surface area (Å²) in [5.41, 5.74) is 6.81. The van der Waals surface area contributed by atoms with E-state index in [-0.39, 0.29) is 6.04 Å². The molecule has 1 aromatic carbocycles. The predicted octanol–water partition coefficient (Wildman–Crippen LogP) is 2.39. The van der Waals surface area contributed by atoms with Crippen LogP contribution >= 0.6 is 11.8 Å². The second kappa shape index (κ2) is 5.88. The monoisotopic (exact) mass is 265 g/mol. The average molecular weight is 265 g/mol. The standard InChI is InChI=1S/C12H15N3O2S/c1-8(13)11-14-15-12(17-11)18-7-9-3-5-10(16-2)6-4-9/h3-6,8H,7,13H2,1-2H3. The third kappa shape index (κ3) is 3.24. The highest BCUT2D eigenvalue weighted by molar-refractivity contribution is 7.98. The molecule has 0 radical (unpaired) electrons. The number of nitrogens with zero attached hydrogens (tertiary/aromatic N) is 2. The van der Waals surface area contributed by atoms with Gasteiger partial charge in [-0.15, -0.1) is 10.2 Å². The average Bonchev–Trinajstić information content (AvgIpc) is 2.86. The molecule has 1 aromatic heterocycles. The van der Waals surface area contributed by atoms with Crippen molar-refractivity contribution in [1.82, 2.24) is 10.2 Å². The zero-order valence-electron chi connectivity index (χ0n) is 10.3. The maximum Gasteiger partial charge on any atom is 0.276 e. The Bertz CT molecular complexity index is 496. The molecule has 2 aromatic rings. The minimum atomic E-state index is -0.229. The molecule has 5 nitrogen and oxygen atoms in total. The van der Waals surface area contributed by atoms with Crippen molar-refractivity contribution < 1.29 is 9.15 Å². The summed E-state index contributed by atoms with van der Waals surface area (Å²) in [7, 11) is 1.65. The van der Waals surface area contributed by atoms with Crippen molar-refractivity contribution in [2.75, 3.05) is 7.11 Å². The summed E-state index contributed by atoms with van der Waals surface area (Å²) in [6.07, 6.45) is 0. The van der Waals surface area contributed by atoms with Gasteiger partial charge in [-0.2, -0.15) is 0 Å². The molecule has 0 aliphatic heterocycles. The molecular weight excluding hydrogens is 250 g/mol. The normalized spacial score (nSPS) is 12.4. The molecule has 0 fully saturated rings. The van der Waals surface area contributed by atoms with Crippen molar-refractivity contribution in [2.24, 2.45) is 5.73 Å². The molecule has 96 valence electrons. The van der Waals surface area contributed by atoms with Crippen LogP contribution in [0.3, 0.4) is 0 Å². The fourth-order valence-corrected chi connectivity index (χ4v) is 2.06. The lowest BCUT2D eigenvalue weighted by molar-refractivity contribution is 0.394. The van der Waals surface area contributed by atoms with Crippen LogP contribution in [-0.2, 0) is 5.75 Å². The van der Waals surface area contributed by atoms with Crippen LogP contribution in [-0.4, -0.2) is 17.3 Å². The van der Waals surface area contributed by atoms with E-state index in [1.807, 2.05) is 31.2 Å². The molecule has 18 heavy (non-hydrogen) atoms. The number of benzene rings is 1. The van der Waals surface area contributed by atoms with Crippen molar-refractivity contribution in [2.45, 2.75) is 23.9 Å². The molecule has 1 atom stereocenters. The first-order chi connectivity index (χ1) is 8.69. The van der Waals surface area contributed by atoms with Gasteiger partial charge in [0, 0.05) is 5.75 Å². The van der Waals surface area contributed by atoms with Crippen LogP contribution in [0.15, 0.2) is 33.9 Å². The molecule has 0 saturated carbocycles. The summed E-state index contributed by atoms with van der Waals surface area (Å²) in [5.74, 6) is 2.08. The number of methoxy groups -OCH3 is 1. The summed E-state index contributed by atoms with van der Waals surface area (Å²) in [6, 6.07) is 7.64. The van der Waals surface area contributed by atoms with Gasteiger partial charge in [-0.05, 0) is 24.6 Å². The Kier molecular flexibility index (Phi) is 4.22. The van der Waals surface area contributed by atoms with E-state index in [1.165, 1.54) is 17.3 Å². The predicted molar refractivity (Wildman–Crippen MR) is 69.5 cm³/mol. The Labute approximate surface area is 110 Å². The maximum atomic E-state index is 5.65. The Morgan fingerprint density at radius 3 is 2.61 bits per heavy atom. The van der Waals surface area contributed by atoms with Gasteiger partial charge in [-0.1, -0.05) is 23.9 Å². The first kappa shape index (κ1) is 12.9. The van der Waals surface area contributed by atoms with Crippen molar-refractivity contribution in [3.63, 3.8) is 0 Å². The van der Waals surface area contributed by atoms with Crippen LogP contribution in [0.25, 0.3) is 0 Å². The maximum absolute atomic E-state index is 5.65. The molecule has 1 heterocycles. The summed E-state index contributed by atoms with van der Waals surface area (Å²) >= 11 is 1.49. The highest BCUT2D eigenvalue weighted by Crippen LogP contribution is 2.23. The second-order valence-electron chi connectivity index (χ2n) is 3.83. The number of hydrogen-bond donors (Lipinski definition) is 1. The van der Waals surface area contributed by atoms with Crippen molar-refractivity contribution in [3.8, 4) is 5.75 Å². The summed E-state index contributed by atoms with van der Waals surface area (Å²) in [4.78, 5) is 0. The molecule has 2 rings (SSSR count). The molecule has 0 bridgehead atoms. The topological polar surface area (TPSA) is 74.2 Å². The summed E-state index contributed by atoms with van der Waals surface area (Å²) in [6.45, 7) is 1.81. The molecule has 0 spiro atoms. The molecule has 1 unspecified atom stereocenters. The van der Waals surface area contributed by atoms with Gasteiger partial charge in [0.25, 0.3) is 5.22 Å². The smallest absolute Gasteiger partial charge is 0.276 e. The van der Waals surface area contributed by atoms with Crippen molar-refractivity contribution in [1.29, 1.82) is 0 Å². The fraction of sp³-hybridized carbons (Fsp3) is 0.333. The van der Waals surface area contributed by atoms with E-state index in [1.54, 1.807) is 7.11 Å². The van der Waals surface area contributed by atoms with Crippen LogP contribution < -0.4 is 10.5 Å². The minimum absolute atomic E-state index is 0.229. The van der Waals surface area contributed by atoms with Gasteiger partial charge in [-0.25, -0.2) is 0 Å². The number of aromatic nitrogens is 2. The Balaban J connectivity index is 1.93. The van der Waals surface area contributed by atoms with Gasteiger partial charge in [0.1, 0.15) is 5.75 Å². The highest BCUT2D eigenvalue weighted by atomic mass is 32.2. The zero-order valence-corrected chi connectivity index (χ0v) is 11.1. The number of hydrogen-bond acceptors (Lipinski definition) is 6. The van der Waals surface area contributed by atoms with Gasteiger partial charge in [0.15, 0.2) is 0 Å². The molecule has 0 aliphatic carbocycles. The van der Waals surface area contributed by atoms with Gasteiger partial charge < -0.3 is 14.9 Å². The minimum Gasteiger partial charge on any atom is -0.497 e. The van der Waals surface area contributed by atoms with Crippen molar-refractivity contribution in [3.05, 3.63) is 35.7 Å². The lowest BCUT2D eigenvalue weighted by Gasteiger charge is -2.01. The van der Waals surface area contributed by atoms with E-state index in [2.05, 4.69) is 10.2 Å². The van der Waals surface area contributed by atoms with E-state index in [9.17, 15) is 0 Å². The number of ether oxygens (including phenoxy) is 1. The van der Waals surface area contributed by atoms with Gasteiger partial charge in [0.05, 0.1) is 13.2 Å². The number of thioether (sulfide) groups is 1. The SMILES string of the molecule is COc1ccc(CSc2nnc(C(C)N)o2)cc1. The van der Waals surface area contributed by atoms with Crippen LogP contribution in [0.5, 0.6) is 5.75 Å². The van der Waals surface area contributed by atoms with Gasteiger partial charge >= 0.3 is 0 Å².